The molecule has 0 radical (unpaired) electrons. The highest BCUT2D eigenvalue weighted by atomic mass is 32.2. The van der Waals surface area contributed by atoms with Crippen LogP contribution in [0.25, 0.3) is 0 Å². The van der Waals surface area contributed by atoms with Gasteiger partial charge in [0.2, 0.25) is 0 Å². The average Bonchev–Trinajstić information content (AvgIpc) is 1.97. The van der Waals surface area contributed by atoms with Gasteiger partial charge in [-0.2, -0.15) is 11.8 Å². The third-order valence-electron chi connectivity index (χ3n) is 1.35. The van der Waals surface area contributed by atoms with E-state index in [-0.39, 0.29) is 0 Å². The third-order valence-corrected chi connectivity index (χ3v) is 2.33. The van der Waals surface area contributed by atoms with Crippen LogP contribution >= 0.6 is 11.8 Å². The van der Waals surface area contributed by atoms with Crippen LogP contribution in [0.3, 0.4) is 0 Å². The van der Waals surface area contributed by atoms with Gasteiger partial charge < -0.3 is 0 Å². The minimum Gasteiger partial charge on any atom is -0.162 e. The van der Waals surface area contributed by atoms with Crippen molar-refractivity contribution in [2.24, 2.45) is 0 Å². The van der Waals surface area contributed by atoms with E-state index in [1.807, 2.05) is 11.8 Å². The van der Waals surface area contributed by atoms with Crippen LogP contribution in [0.4, 0.5) is 0 Å². The van der Waals surface area contributed by atoms with Crippen LogP contribution in [0.2, 0.25) is 0 Å². The molecule has 0 bridgehead atoms. The van der Waals surface area contributed by atoms with E-state index < -0.39 is 0 Å². The van der Waals surface area contributed by atoms with Crippen molar-refractivity contribution in [2.75, 3.05) is 11.5 Å². The van der Waals surface area contributed by atoms with E-state index in [0.717, 1.165) is 0 Å². The van der Waals surface area contributed by atoms with Crippen molar-refractivity contribution in [1.29, 1.82) is 0 Å². The highest BCUT2D eigenvalue weighted by Crippen LogP contribution is 2.05. The molecule has 10 heavy (non-hydrogen) atoms. The van der Waals surface area contributed by atoms with Gasteiger partial charge in [-0.3, -0.25) is 0 Å². The number of allylic oxidation sites excluding steroid dienone is 2. The summed E-state index contributed by atoms with van der Waals surface area (Å²) in [5.41, 5.74) is 0. The summed E-state index contributed by atoms with van der Waals surface area (Å²) in [5, 5.41) is 0. The Bertz CT molecular complexity index is 76.8. The third kappa shape index (κ3) is 8.09. The van der Waals surface area contributed by atoms with Gasteiger partial charge in [0.15, 0.2) is 0 Å². The molecule has 0 aromatic carbocycles. The maximum absolute atomic E-state index is 2.25. The van der Waals surface area contributed by atoms with Crippen LogP contribution in [-0.2, 0) is 0 Å². The zero-order chi connectivity index (χ0) is 7.66. The molecule has 0 heterocycles. The minimum atomic E-state index is 1.26. The fourth-order valence-electron chi connectivity index (χ4n) is 0.777. The van der Waals surface area contributed by atoms with Crippen LogP contribution in [0.15, 0.2) is 12.2 Å². The SMILES string of the molecule is CC=CCCCCSCC. The van der Waals surface area contributed by atoms with Crippen molar-refractivity contribution in [3.8, 4) is 0 Å². The molecule has 0 spiro atoms. The standard InChI is InChI=1S/C9H18S/c1-3-5-6-7-8-9-10-4-2/h3,5H,4,6-9H2,1-2H3. The second-order valence-corrected chi connectivity index (χ2v) is 3.66. The summed E-state index contributed by atoms with van der Waals surface area (Å²) in [6.45, 7) is 4.30. The number of rotatable bonds is 6. The van der Waals surface area contributed by atoms with Gasteiger partial charge in [-0.05, 0) is 37.7 Å². The summed E-state index contributed by atoms with van der Waals surface area (Å²) < 4.78 is 0. The lowest BCUT2D eigenvalue weighted by Crippen LogP contribution is -1.79. The normalized spacial score (nSPS) is 11.0. The summed E-state index contributed by atoms with van der Waals surface area (Å²) in [7, 11) is 0. The molecule has 0 aromatic heterocycles. The molecule has 0 saturated heterocycles. The van der Waals surface area contributed by atoms with Gasteiger partial charge in [0, 0.05) is 0 Å². The van der Waals surface area contributed by atoms with Gasteiger partial charge in [0.1, 0.15) is 0 Å². The van der Waals surface area contributed by atoms with Crippen molar-refractivity contribution in [3.63, 3.8) is 0 Å². The molecule has 0 unspecified atom stereocenters. The zero-order valence-corrected chi connectivity index (χ0v) is 7.91. The Kier molecular flexibility index (Phi) is 9.17. The number of thioether (sulfide) groups is 1. The monoisotopic (exact) mass is 158 g/mol. The Morgan fingerprint density at radius 1 is 1.30 bits per heavy atom. The summed E-state index contributed by atoms with van der Waals surface area (Å²) in [6, 6.07) is 0. The van der Waals surface area contributed by atoms with Crippen molar-refractivity contribution >= 4 is 11.8 Å². The Balaban J connectivity index is 2.77. The Hall–Kier alpha value is 0.0900. The van der Waals surface area contributed by atoms with Crippen molar-refractivity contribution in [2.45, 2.75) is 33.1 Å². The molecule has 0 rings (SSSR count). The highest BCUT2D eigenvalue weighted by Gasteiger charge is 1.84. The lowest BCUT2D eigenvalue weighted by atomic mass is 10.2. The first kappa shape index (κ1) is 10.1. The van der Waals surface area contributed by atoms with Crippen molar-refractivity contribution < 1.29 is 0 Å². The first-order valence-corrected chi connectivity index (χ1v) is 5.26. The molecular formula is C9H18S. The predicted octanol–water partition coefficient (Wildman–Crippen LogP) is 3.49. The molecule has 0 saturated carbocycles. The van der Waals surface area contributed by atoms with E-state index in [9.17, 15) is 0 Å². The van der Waals surface area contributed by atoms with Gasteiger partial charge in [-0.15, -0.1) is 0 Å². The molecule has 0 amide bonds. The van der Waals surface area contributed by atoms with Crippen LogP contribution in [0.1, 0.15) is 33.1 Å². The van der Waals surface area contributed by atoms with Crippen molar-refractivity contribution in [3.05, 3.63) is 12.2 Å². The van der Waals surface area contributed by atoms with E-state index >= 15 is 0 Å². The lowest BCUT2D eigenvalue weighted by Gasteiger charge is -1.95. The van der Waals surface area contributed by atoms with E-state index in [1.54, 1.807) is 0 Å². The summed E-state index contributed by atoms with van der Waals surface area (Å²) in [6.07, 6.45) is 8.38. The maximum Gasteiger partial charge on any atom is -0.00675 e. The van der Waals surface area contributed by atoms with Gasteiger partial charge >= 0.3 is 0 Å². The van der Waals surface area contributed by atoms with Gasteiger partial charge in [0.25, 0.3) is 0 Å². The smallest absolute Gasteiger partial charge is 0.00675 e. The second-order valence-electron chi connectivity index (χ2n) is 2.26. The van der Waals surface area contributed by atoms with E-state index in [0.29, 0.717) is 0 Å². The zero-order valence-electron chi connectivity index (χ0n) is 7.10. The molecule has 1 heteroatoms. The van der Waals surface area contributed by atoms with E-state index in [2.05, 4.69) is 26.0 Å². The second kappa shape index (κ2) is 9.09. The molecule has 60 valence electrons. The minimum absolute atomic E-state index is 1.26. The van der Waals surface area contributed by atoms with Gasteiger partial charge in [-0.25, -0.2) is 0 Å². The fraction of sp³-hybridized carbons (Fsp3) is 0.778. The molecule has 0 nitrogen and oxygen atoms in total. The maximum atomic E-state index is 2.25. The van der Waals surface area contributed by atoms with Crippen LogP contribution < -0.4 is 0 Å². The van der Waals surface area contributed by atoms with Crippen LogP contribution in [0.5, 0.6) is 0 Å². The molecule has 0 N–H and O–H groups in total. The molecule has 0 fully saturated rings. The van der Waals surface area contributed by atoms with Gasteiger partial charge in [0.05, 0.1) is 0 Å². The summed E-state index contributed by atoms with van der Waals surface area (Å²) >= 11 is 2.04. The van der Waals surface area contributed by atoms with Crippen LogP contribution in [0, 0.1) is 0 Å². The Morgan fingerprint density at radius 2 is 2.10 bits per heavy atom. The van der Waals surface area contributed by atoms with E-state index in [4.69, 9.17) is 0 Å². The average molecular weight is 158 g/mol. The number of unbranched alkanes of at least 4 members (excludes halogenated alkanes) is 2. The topological polar surface area (TPSA) is 0 Å². The summed E-state index contributed by atoms with van der Waals surface area (Å²) in [5.74, 6) is 2.61. The molecule has 0 aromatic rings. The quantitative estimate of drug-likeness (QED) is 0.421. The predicted molar refractivity (Wildman–Crippen MR) is 51.7 cm³/mol. The molecule has 0 aliphatic rings. The lowest BCUT2D eigenvalue weighted by molar-refractivity contribution is 0.822. The molecule has 0 atom stereocenters. The molecule has 0 aliphatic heterocycles. The highest BCUT2D eigenvalue weighted by molar-refractivity contribution is 7.99. The van der Waals surface area contributed by atoms with Crippen molar-refractivity contribution in [1.82, 2.24) is 0 Å². The molecular weight excluding hydrogens is 140 g/mol. The molecule has 0 aliphatic carbocycles. The first-order valence-electron chi connectivity index (χ1n) is 4.10. The number of hydrogen-bond donors (Lipinski definition) is 0. The number of hydrogen-bond acceptors (Lipinski definition) is 1. The Morgan fingerprint density at radius 3 is 2.70 bits per heavy atom. The van der Waals surface area contributed by atoms with Gasteiger partial charge in [-0.1, -0.05) is 19.1 Å². The largest absolute Gasteiger partial charge is 0.162 e. The fourth-order valence-corrected chi connectivity index (χ4v) is 1.47. The van der Waals surface area contributed by atoms with Crippen LogP contribution in [-0.4, -0.2) is 11.5 Å². The first-order chi connectivity index (χ1) is 4.91. The Labute approximate surface area is 69.1 Å². The summed E-state index contributed by atoms with van der Waals surface area (Å²) in [4.78, 5) is 0. The van der Waals surface area contributed by atoms with E-state index in [1.165, 1.54) is 30.8 Å².